The molecule has 0 saturated heterocycles. The van der Waals surface area contributed by atoms with Gasteiger partial charge in [0.2, 0.25) is 0 Å². The van der Waals surface area contributed by atoms with Gasteiger partial charge >= 0.3 is 18.0 Å². The Hall–Kier alpha value is -4.57. The minimum absolute atomic E-state index is 0.0554. The fraction of sp³-hybridized carbons (Fsp3) is 0.512. The lowest BCUT2D eigenvalue weighted by molar-refractivity contribution is -0.149. The van der Waals surface area contributed by atoms with Crippen molar-refractivity contribution < 1.29 is 43.2 Å². The van der Waals surface area contributed by atoms with Crippen LogP contribution in [0, 0.1) is 17.8 Å². The SMILES string of the molecule is CCCC(CC1CC1CC)OC(=O)NCCCCC(COC(=O)CCC(=O)O)COC(c1ccccc1)(c1ccc(OC)cc1)c1ccc(OC)cc1. The quantitative estimate of drug-likeness (QED) is 0.0529. The molecule has 0 radical (unpaired) electrons. The van der Waals surface area contributed by atoms with Crippen molar-refractivity contribution in [2.24, 2.45) is 17.8 Å². The van der Waals surface area contributed by atoms with Crippen molar-refractivity contribution in [3.63, 3.8) is 0 Å². The van der Waals surface area contributed by atoms with Gasteiger partial charge in [-0.1, -0.05) is 87.7 Å². The molecular weight excluding hydrogens is 674 g/mol. The minimum Gasteiger partial charge on any atom is -0.497 e. The van der Waals surface area contributed by atoms with Crippen LogP contribution in [0.15, 0.2) is 78.9 Å². The summed E-state index contributed by atoms with van der Waals surface area (Å²) in [6, 6.07) is 25.5. The van der Waals surface area contributed by atoms with E-state index in [-0.39, 0.29) is 44.2 Å². The highest BCUT2D eigenvalue weighted by Crippen LogP contribution is 2.45. The van der Waals surface area contributed by atoms with Crippen molar-refractivity contribution in [3.05, 3.63) is 95.6 Å². The summed E-state index contributed by atoms with van der Waals surface area (Å²) < 4.78 is 29.4. The lowest BCUT2D eigenvalue weighted by Crippen LogP contribution is -2.35. The van der Waals surface area contributed by atoms with Crippen LogP contribution in [0.25, 0.3) is 0 Å². The number of rotatable bonds is 24. The van der Waals surface area contributed by atoms with Gasteiger partial charge in [-0.15, -0.1) is 0 Å². The Morgan fingerprint density at radius 3 is 1.96 bits per heavy atom. The predicted molar refractivity (Wildman–Crippen MR) is 203 cm³/mol. The highest BCUT2D eigenvalue weighted by atomic mass is 16.6. The second-order valence-electron chi connectivity index (χ2n) is 13.9. The molecular formula is C43H57NO9. The topological polar surface area (TPSA) is 130 Å². The van der Waals surface area contributed by atoms with Gasteiger partial charge in [0, 0.05) is 12.5 Å². The molecule has 4 rings (SSSR count). The zero-order chi connectivity index (χ0) is 38.1. The van der Waals surface area contributed by atoms with E-state index in [0.29, 0.717) is 36.8 Å². The number of ether oxygens (including phenoxy) is 5. The summed E-state index contributed by atoms with van der Waals surface area (Å²) in [4.78, 5) is 36.3. The molecule has 0 bridgehead atoms. The van der Waals surface area contributed by atoms with Gasteiger partial charge in [0.25, 0.3) is 0 Å². The van der Waals surface area contributed by atoms with Gasteiger partial charge in [-0.05, 0) is 84.9 Å². The van der Waals surface area contributed by atoms with E-state index in [1.54, 1.807) is 14.2 Å². The van der Waals surface area contributed by atoms with Gasteiger partial charge in [0.1, 0.15) is 23.2 Å². The second kappa shape index (κ2) is 21.2. The maximum atomic E-state index is 12.7. The molecule has 0 aliphatic heterocycles. The Morgan fingerprint density at radius 2 is 1.42 bits per heavy atom. The van der Waals surface area contributed by atoms with E-state index >= 15 is 0 Å². The van der Waals surface area contributed by atoms with Crippen LogP contribution in [-0.4, -0.2) is 63.2 Å². The van der Waals surface area contributed by atoms with E-state index in [2.05, 4.69) is 19.2 Å². The van der Waals surface area contributed by atoms with Crippen LogP contribution in [-0.2, 0) is 29.4 Å². The molecule has 1 aliphatic carbocycles. The van der Waals surface area contributed by atoms with Gasteiger partial charge in [0.15, 0.2) is 0 Å². The molecule has 3 aromatic rings. The summed E-state index contributed by atoms with van der Waals surface area (Å²) in [5, 5.41) is 12.0. The molecule has 10 heteroatoms. The summed E-state index contributed by atoms with van der Waals surface area (Å²) >= 11 is 0. The van der Waals surface area contributed by atoms with Crippen LogP contribution < -0.4 is 14.8 Å². The maximum absolute atomic E-state index is 12.7. The Labute approximate surface area is 314 Å². The van der Waals surface area contributed by atoms with Crippen molar-refractivity contribution in [2.75, 3.05) is 34.0 Å². The summed E-state index contributed by atoms with van der Waals surface area (Å²) in [6.07, 6.45) is 6.29. The normalized spacial score (nSPS) is 16.2. The Balaban J connectivity index is 1.49. The van der Waals surface area contributed by atoms with E-state index < -0.39 is 17.5 Å². The fourth-order valence-corrected chi connectivity index (χ4v) is 6.95. The molecule has 1 saturated carbocycles. The molecule has 53 heavy (non-hydrogen) atoms. The standard InChI is InChI=1S/C43H57NO9/c1-5-12-39(28-33-27-32(33)6-2)53-42(48)44-26-11-10-13-31(29-51-41(47)25-24-40(45)46)30-52-43(34-14-8-7-9-15-34,35-16-20-37(49-3)21-17-35)36-18-22-38(50-4)23-19-36/h7-9,14-23,31-33,39H,5-6,10-13,24-30H2,1-4H3,(H,44,48)(H,45,46). The molecule has 4 unspecified atom stereocenters. The number of aliphatic carboxylic acids is 1. The van der Waals surface area contributed by atoms with Crippen LogP contribution in [0.4, 0.5) is 4.79 Å². The summed E-state index contributed by atoms with van der Waals surface area (Å²) in [6.45, 7) is 5.06. The molecule has 1 amide bonds. The molecule has 4 atom stereocenters. The summed E-state index contributed by atoms with van der Waals surface area (Å²) in [7, 11) is 3.25. The highest BCUT2D eigenvalue weighted by molar-refractivity contribution is 5.76. The highest BCUT2D eigenvalue weighted by Gasteiger charge is 2.39. The van der Waals surface area contributed by atoms with E-state index in [9.17, 15) is 14.4 Å². The van der Waals surface area contributed by atoms with Gasteiger partial charge < -0.3 is 34.1 Å². The first-order valence-electron chi connectivity index (χ1n) is 19.0. The average Bonchev–Trinajstić information content (AvgIpc) is 3.94. The van der Waals surface area contributed by atoms with E-state index in [1.807, 2.05) is 78.9 Å². The third-order valence-electron chi connectivity index (χ3n) is 10.1. The van der Waals surface area contributed by atoms with E-state index in [4.69, 9.17) is 28.8 Å². The van der Waals surface area contributed by atoms with Crippen molar-refractivity contribution in [2.45, 2.75) is 89.8 Å². The third kappa shape index (κ3) is 12.5. The monoisotopic (exact) mass is 731 g/mol. The van der Waals surface area contributed by atoms with E-state index in [0.717, 1.165) is 48.3 Å². The van der Waals surface area contributed by atoms with Crippen LogP contribution in [0.2, 0.25) is 0 Å². The lowest BCUT2D eigenvalue weighted by atomic mass is 9.79. The lowest BCUT2D eigenvalue weighted by Gasteiger charge is -2.37. The number of nitrogens with one attached hydrogen (secondary N) is 1. The van der Waals surface area contributed by atoms with Gasteiger partial charge in [-0.3, -0.25) is 9.59 Å². The molecule has 2 N–H and O–H groups in total. The Kier molecular flexibility index (Phi) is 16.5. The predicted octanol–water partition coefficient (Wildman–Crippen LogP) is 8.54. The Morgan fingerprint density at radius 1 is 0.792 bits per heavy atom. The first-order chi connectivity index (χ1) is 25.7. The van der Waals surface area contributed by atoms with Crippen molar-refractivity contribution in [1.29, 1.82) is 0 Å². The third-order valence-corrected chi connectivity index (χ3v) is 10.1. The van der Waals surface area contributed by atoms with Crippen LogP contribution in [0.5, 0.6) is 11.5 Å². The largest absolute Gasteiger partial charge is 0.497 e. The number of hydrogen-bond donors (Lipinski definition) is 2. The molecule has 3 aromatic carbocycles. The van der Waals surface area contributed by atoms with Crippen molar-refractivity contribution in [1.82, 2.24) is 5.32 Å². The number of carbonyl (C=O) groups excluding carboxylic acids is 2. The number of carboxylic acids is 1. The molecule has 0 aromatic heterocycles. The van der Waals surface area contributed by atoms with E-state index in [1.165, 1.54) is 12.8 Å². The van der Waals surface area contributed by atoms with Gasteiger partial charge in [-0.2, -0.15) is 0 Å². The van der Waals surface area contributed by atoms with Crippen LogP contribution in [0.1, 0.15) is 94.7 Å². The summed E-state index contributed by atoms with van der Waals surface area (Å²) in [5.74, 6) is 0.995. The number of methoxy groups -OCH3 is 2. The number of carbonyl (C=O) groups is 3. The zero-order valence-electron chi connectivity index (χ0n) is 31.7. The van der Waals surface area contributed by atoms with Crippen molar-refractivity contribution in [3.8, 4) is 11.5 Å². The minimum atomic E-state index is -1.06. The number of amides is 1. The number of alkyl carbamates (subject to hydrolysis) is 1. The number of benzene rings is 3. The number of esters is 1. The molecule has 0 heterocycles. The summed E-state index contributed by atoms with van der Waals surface area (Å²) in [5.41, 5.74) is 1.61. The average molecular weight is 732 g/mol. The zero-order valence-corrected chi connectivity index (χ0v) is 31.7. The first kappa shape index (κ1) is 41.2. The second-order valence-corrected chi connectivity index (χ2v) is 13.9. The Bertz CT molecular complexity index is 1500. The van der Waals surface area contributed by atoms with Crippen LogP contribution >= 0.6 is 0 Å². The van der Waals surface area contributed by atoms with Gasteiger partial charge in [-0.25, -0.2) is 4.79 Å². The van der Waals surface area contributed by atoms with Crippen molar-refractivity contribution >= 4 is 18.0 Å². The molecule has 288 valence electrons. The molecule has 1 fully saturated rings. The molecule has 0 spiro atoms. The van der Waals surface area contributed by atoms with Crippen LogP contribution in [0.3, 0.4) is 0 Å². The fourth-order valence-electron chi connectivity index (χ4n) is 6.95. The number of unbranched alkanes of at least 4 members (excludes halogenated alkanes) is 1. The maximum Gasteiger partial charge on any atom is 0.407 e. The molecule has 1 aliphatic rings. The number of hydrogen-bond acceptors (Lipinski definition) is 8. The number of carboxylic acid groups (broad SMARTS) is 1. The first-order valence-corrected chi connectivity index (χ1v) is 19.0. The van der Waals surface area contributed by atoms with Gasteiger partial charge in [0.05, 0.1) is 40.3 Å². The molecule has 10 nitrogen and oxygen atoms in total. The smallest absolute Gasteiger partial charge is 0.407 e.